The molecule has 0 saturated carbocycles. The van der Waals surface area contributed by atoms with Gasteiger partial charge in [-0.15, -0.1) is 0 Å². The zero-order valence-corrected chi connectivity index (χ0v) is 14.8. The van der Waals surface area contributed by atoms with Gasteiger partial charge in [0.2, 0.25) is 10.0 Å². The summed E-state index contributed by atoms with van der Waals surface area (Å²) in [4.78, 5) is 4.88. The summed E-state index contributed by atoms with van der Waals surface area (Å²) in [6.45, 7) is 1.08. The molecular weight excluding hydrogens is 356 g/mol. The SMILES string of the molecule is N#Cc1cccc(C#N)c1Sc1ccc(S(=O)(=O)N2CCCC2)cn1. The molecule has 25 heavy (non-hydrogen) atoms. The first kappa shape index (κ1) is 17.4. The minimum Gasteiger partial charge on any atom is -0.248 e. The Kier molecular flexibility index (Phi) is 5.05. The Bertz CT molecular complexity index is 935. The van der Waals surface area contributed by atoms with Crippen LogP contribution in [0.1, 0.15) is 24.0 Å². The van der Waals surface area contributed by atoms with Gasteiger partial charge in [0.1, 0.15) is 22.1 Å². The molecule has 6 nitrogen and oxygen atoms in total. The van der Waals surface area contributed by atoms with E-state index < -0.39 is 10.0 Å². The van der Waals surface area contributed by atoms with Crippen LogP contribution < -0.4 is 0 Å². The van der Waals surface area contributed by atoms with Crippen molar-refractivity contribution in [2.24, 2.45) is 0 Å². The van der Waals surface area contributed by atoms with Gasteiger partial charge in [-0.05, 0) is 37.1 Å². The highest BCUT2D eigenvalue weighted by Gasteiger charge is 2.27. The third-order valence-corrected chi connectivity index (χ3v) is 6.85. The van der Waals surface area contributed by atoms with Gasteiger partial charge >= 0.3 is 0 Å². The fraction of sp³-hybridized carbons (Fsp3) is 0.235. The molecule has 1 aromatic carbocycles. The summed E-state index contributed by atoms with van der Waals surface area (Å²) in [6.07, 6.45) is 3.09. The molecule has 1 saturated heterocycles. The summed E-state index contributed by atoms with van der Waals surface area (Å²) in [7, 11) is -3.50. The molecule has 0 aliphatic carbocycles. The Hall–Kier alpha value is -2.39. The van der Waals surface area contributed by atoms with Crippen LogP contribution in [0.4, 0.5) is 0 Å². The second kappa shape index (κ2) is 7.24. The molecule has 0 spiro atoms. The van der Waals surface area contributed by atoms with Gasteiger partial charge in [0.15, 0.2) is 0 Å². The smallest absolute Gasteiger partial charge is 0.244 e. The van der Waals surface area contributed by atoms with Crippen LogP contribution in [0.2, 0.25) is 0 Å². The minimum atomic E-state index is -3.50. The number of nitriles is 2. The first-order chi connectivity index (χ1) is 12.1. The molecule has 2 heterocycles. The summed E-state index contributed by atoms with van der Waals surface area (Å²) in [5.74, 6) is 0. The number of sulfonamides is 1. The molecule has 1 aliphatic heterocycles. The van der Waals surface area contributed by atoms with Gasteiger partial charge in [-0.1, -0.05) is 17.8 Å². The minimum absolute atomic E-state index is 0.160. The van der Waals surface area contributed by atoms with E-state index in [1.807, 2.05) is 0 Å². The van der Waals surface area contributed by atoms with Crippen molar-refractivity contribution in [3.05, 3.63) is 47.7 Å². The van der Waals surface area contributed by atoms with Crippen molar-refractivity contribution in [1.29, 1.82) is 10.5 Å². The van der Waals surface area contributed by atoms with Crippen LogP contribution in [-0.4, -0.2) is 30.8 Å². The average molecular weight is 370 g/mol. The maximum atomic E-state index is 12.5. The van der Waals surface area contributed by atoms with Crippen molar-refractivity contribution in [2.75, 3.05) is 13.1 Å². The molecule has 3 rings (SSSR count). The second-order valence-corrected chi connectivity index (χ2v) is 8.42. The van der Waals surface area contributed by atoms with Crippen molar-refractivity contribution in [3.63, 3.8) is 0 Å². The second-order valence-electron chi connectivity index (χ2n) is 5.45. The lowest BCUT2D eigenvalue weighted by Gasteiger charge is -2.15. The molecule has 0 radical (unpaired) electrons. The van der Waals surface area contributed by atoms with Gasteiger partial charge in [0.25, 0.3) is 0 Å². The third kappa shape index (κ3) is 3.52. The van der Waals surface area contributed by atoms with Gasteiger partial charge in [0.05, 0.1) is 11.1 Å². The molecule has 0 amide bonds. The predicted octanol–water partition coefficient (Wildman–Crippen LogP) is 2.76. The van der Waals surface area contributed by atoms with Crippen LogP contribution in [-0.2, 0) is 10.0 Å². The Morgan fingerprint density at radius 2 is 1.68 bits per heavy atom. The van der Waals surface area contributed by atoms with E-state index >= 15 is 0 Å². The number of hydrogen-bond acceptors (Lipinski definition) is 6. The van der Waals surface area contributed by atoms with E-state index in [-0.39, 0.29) is 4.90 Å². The van der Waals surface area contributed by atoms with Crippen LogP contribution in [0, 0.1) is 22.7 Å². The largest absolute Gasteiger partial charge is 0.248 e. The first-order valence-electron chi connectivity index (χ1n) is 7.63. The lowest BCUT2D eigenvalue weighted by Crippen LogP contribution is -2.27. The maximum Gasteiger partial charge on any atom is 0.244 e. The van der Waals surface area contributed by atoms with Gasteiger partial charge in [0, 0.05) is 24.2 Å². The van der Waals surface area contributed by atoms with Crippen molar-refractivity contribution in [1.82, 2.24) is 9.29 Å². The van der Waals surface area contributed by atoms with Crippen molar-refractivity contribution >= 4 is 21.8 Å². The number of benzene rings is 1. The highest BCUT2D eigenvalue weighted by atomic mass is 32.2. The quantitative estimate of drug-likeness (QED) is 0.821. The number of nitrogens with zero attached hydrogens (tertiary/aromatic N) is 4. The van der Waals surface area contributed by atoms with E-state index in [0.717, 1.165) is 12.8 Å². The number of pyridine rings is 1. The van der Waals surface area contributed by atoms with Crippen LogP contribution in [0.3, 0.4) is 0 Å². The fourth-order valence-electron chi connectivity index (χ4n) is 2.58. The number of rotatable bonds is 4. The van der Waals surface area contributed by atoms with Gasteiger partial charge in [-0.25, -0.2) is 13.4 Å². The molecule has 1 fully saturated rings. The lowest BCUT2D eigenvalue weighted by molar-refractivity contribution is 0.477. The summed E-state index contributed by atoms with van der Waals surface area (Å²) in [5.41, 5.74) is 0.777. The third-order valence-electron chi connectivity index (χ3n) is 3.87. The van der Waals surface area contributed by atoms with E-state index in [4.69, 9.17) is 0 Å². The van der Waals surface area contributed by atoms with Gasteiger partial charge < -0.3 is 0 Å². The highest BCUT2D eigenvalue weighted by molar-refractivity contribution is 7.99. The zero-order valence-electron chi connectivity index (χ0n) is 13.2. The Morgan fingerprint density at radius 3 is 2.20 bits per heavy atom. The van der Waals surface area contributed by atoms with E-state index in [1.165, 1.54) is 28.3 Å². The van der Waals surface area contributed by atoms with Crippen LogP contribution in [0.5, 0.6) is 0 Å². The molecule has 0 N–H and O–H groups in total. The van der Waals surface area contributed by atoms with E-state index in [2.05, 4.69) is 17.1 Å². The first-order valence-corrected chi connectivity index (χ1v) is 9.89. The van der Waals surface area contributed by atoms with E-state index in [0.29, 0.717) is 34.1 Å². The molecule has 0 atom stereocenters. The topological polar surface area (TPSA) is 97.8 Å². The molecule has 0 bridgehead atoms. The molecule has 0 unspecified atom stereocenters. The Labute approximate surface area is 150 Å². The van der Waals surface area contributed by atoms with Crippen molar-refractivity contribution < 1.29 is 8.42 Å². The molecule has 1 aromatic heterocycles. The Balaban J connectivity index is 1.88. The molecule has 8 heteroatoms. The van der Waals surface area contributed by atoms with Gasteiger partial charge in [-0.3, -0.25) is 0 Å². The van der Waals surface area contributed by atoms with Crippen LogP contribution in [0.25, 0.3) is 0 Å². The number of hydrogen-bond donors (Lipinski definition) is 0. The van der Waals surface area contributed by atoms with Crippen LogP contribution >= 0.6 is 11.8 Å². The summed E-state index contributed by atoms with van der Waals surface area (Å²) < 4.78 is 26.5. The Morgan fingerprint density at radius 1 is 1.04 bits per heavy atom. The van der Waals surface area contributed by atoms with Crippen molar-refractivity contribution in [3.8, 4) is 12.1 Å². The standard InChI is InChI=1S/C17H14N4O2S2/c18-10-13-4-3-5-14(11-19)17(13)24-16-7-6-15(12-20-16)25(22,23)21-8-1-2-9-21/h3-7,12H,1-2,8-9H2. The monoisotopic (exact) mass is 370 g/mol. The lowest BCUT2D eigenvalue weighted by atomic mass is 10.1. The van der Waals surface area contributed by atoms with Gasteiger partial charge in [-0.2, -0.15) is 14.8 Å². The summed E-state index contributed by atoms with van der Waals surface area (Å²) in [6, 6.07) is 12.2. The summed E-state index contributed by atoms with van der Waals surface area (Å²) >= 11 is 1.18. The molecule has 1 aliphatic rings. The predicted molar refractivity (Wildman–Crippen MR) is 92.2 cm³/mol. The van der Waals surface area contributed by atoms with E-state index in [1.54, 1.807) is 24.3 Å². The highest BCUT2D eigenvalue weighted by Crippen LogP contribution is 2.32. The average Bonchev–Trinajstić information content (AvgIpc) is 3.18. The molecule has 126 valence electrons. The fourth-order valence-corrected chi connectivity index (χ4v) is 4.95. The molecular formula is C17H14N4O2S2. The summed E-state index contributed by atoms with van der Waals surface area (Å²) in [5, 5.41) is 18.9. The van der Waals surface area contributed by atoms with Crippen molar-refractivity contribution in [2.45, 2.75) is 27.7 Å². The molecule has 2 aromatic rings. The number of aromatic nitrogens is 1. The maximum absolute atomic E-state index is 12.5. The normalized spacial score (nSPS) is 14.8. The van der Waals surface area contributed by atoms with E-state index in [9.17, 15) is 18.9 Å². The zero-order chi connectivity index (χ0) is 17.9. The van der Waals surface area contributed by atoms with Crippen LogP contribution in [0.15, 0.2) is 51.3 Å².